The van der Waals surface area contributed by atoms with Crippen molar-refractivity contribution in [2.45, 2.75) is 44.3 Å². The maximum absolute atomic E-state index is 11.1. The smallest absolute Gasteiger partial charge is 0.123 e. The highest BCUT2D eigenvalue weighted by Gasteiger charge is 2.48. The summed E-state index contributed by atoms with van der Waals surface area (Å²) in [6.45, 7) is 0. The van der Waals surface area contributed by atoms with Gasteiger partial charge in [-0.15, -0.1) is 0 Å². The molecule has 2 aliphatic carbocycles. The van der Waals surface area contributed by atoms with Crippen molar-refractivity contribution in [1.29, 1.82) is 0 Å². The molecule has 0 radical (unpaired) electrons. The number of benzene rings is 1. The van der Waals surface area contributed by atoms with E-state index in [9.17, 15) is 4.79 Å². The van der Waals surface area contributed by atoms with Gasteiger partial charge in [-0.2, -0.15) is 0 Å². The van der Waals surface area contributed by atoms with Gasteiger partial charge in [-0.25, -0.2) is 0 Å². The number of hydrogen-bond acceptors (Lipinski definition) is 2. The molecule has 2 aliphatic heterocycles. The average Bonchev–Trinajstić information content (AvgIpc) is 3.09. The largest absolute Gasteiger partial charge is 0.357 e. The van der Waals surface area contributed by atoms with Crippen molar-refractivity contribution >= 4 is 6.29 Å². The van der Waals surface area contributed by atoms with Crippen molar-refractivity contribution in [2.24, 2.45) is 5.92 Å². The fourth-order valence-electron chi connectivity index (χ4n) is 4.66. The summed E-state index contributed by atoms with van der Waals surface area (Å²) >= 11 is 0. The topological polar surface area (TPSA) is 26.3 Å². The van der Waals surface area contributed by atoms with Gasteiger partial charge in [-0.05, 0) is 65.5 Å². The minimum absolute atomic E-state index is 0.191. The van der Waals surface area contributed by atoms with Gasteiger partial charge in [-0.1, -0.05) is 24.3 Å². The summed E-state index contributed by atoms with van der Waals surface area (Å²) < 4.78 is 6.33. The summed E-state index contributed by atoms with van der Waals surface area (Å²) in [6, 6.07) is 8.77. The molecule has 0 fully saturated rings. The second-order valence-corrected chi connectivity index (χ2v) is 6.76. The van der Waals surface area contributed by atoms with Gasteiger partial charge >= 0.3 is 0 Å². The van der Waals surface area contributed by atoms with Crippen molar-refractivity contribution < 1.29 is 9.53 Å². The molecule has 1 aromatic rings. The average molecular weight is 278 g/mol. The van der Waals surface area contributed by atoms with Crippen molar-refractivity contribution in [1.82, 2.24) is 0 Å². The zero-order valence-electron chi connectivity index (χ0n) is 12.0. The zero-order valence-corrected chi connectivity index (χ0v) is 12.0. The van der Waals surface area contributed by atoms with Gasteiger partial charge in [-0.3, -0.25) is 0 Å². The number of carbonyl (C=O) groups excluding carboxylic acids is 1. The number of hydrogen-bond donors (Lipinski definition) is 0. The lowest BCUT2D eigenvalue weighted by Gasteiger charge is -2.31. The van der Waals surface area contributed by atoms with Crippen LogP contribution in [0, 0.1) is 5.92 Å². The van der Waals surface area contributed by atoms with E-state index in [1.54, 1.807) is 0 Å². The van der Waals surface area contributed by atoms with Gasteiger partial charge < -0.3 is 9.53 Å². The third-order valence-electron chi connectivity index (χ3n) is 5.70. The summed E-state index contributed by atoms with van der Waals surface area (Å²) in [5.74, 6) is 0.214. The highest BCUT2D eigenvalue weighted by molar-refractivity contribution is 5.60. The van der Waals surface area contributed by atoms with E-state index in [1.165, 1.54) is 33.4 Å². The van der Waals surface area contributed by atoms with E-state index in [1.807, 2.05) is 0 Å². The second-order valence-electron chi connectivity index (χ2n) is 6.76. The Morgan fingerprint density at radius 1 is 0.952 bits per heavy atom. The van der Waals surface area contributed by atoms with Gasteiger partial charge in [0, 0.05) is 5.92 Å². The molecular formula is C19H18O2. The van der Waals surface area contributed by atoms with Crippen LogP contribution in [0.5, 0.6) is 0 Å². The molecule has 0 N–H and O–H groups in total. The standard InChI is InChI=1S/C19H18O2/c20-10-11-5-6-14-15(7-11)19-17-9-13-4-2-1-3-12(13)8-16(17)18(14)21-19/h1-4,10-11,18-19H,5-9H2. The minimum Gasteiger partial charge on any atom is -0.357 e. The summed E-state index contributed by atoms with van der Waals surface area (Å²) in [7, 11) is 0. The van der Waals surface area contributed by atoms with Gasteiger partial charge in [0.05, 0.1) is 0 Å². The Kier molecular flexibility index (Phi) is 2.37. The number of carbonyl (C=O) groups is 1. The van der Waals surface area contributed by atoms with Crippen LogP contribution in [0.4, 0.5) is 0 Å². The molecule has 5 rings (SSSR count). The molecule has 3 atom stereocenters. The Morgan fingerprint density at radius 3 is 2.29 bits per heavy atom. The molecule has 2 heterocycles. The molecule has 2 heteroatoms. The molecule has 0 amide bonds. The van der Waals surface area contributed by atoms with Crippen LogP contribution in [-0.4, -0.2) is 18.5 Å². The summed E-state index contributed by atoms with van der Waals surface area (Å²) in [5.41, 5.74) is 8.91. The molecule has 4 aliphatic rings. The van der Waals surface area contributed by atoms with Crippen molar-refractivity contribution in [3.63, 3.8) is 0 Å². The van der Waals surface area contributed by atoms with E-state index in [4.69, 9.17) is 4.74 Å². The highest BCUT2D eigenvalue weighted by Crippen LogP contribution is 2.52. The molecule has 106 valence electrons. The molecule has 0 spiro atoms. The molecule has 0 saturated heterocycles. The van der Waals surface area contributed by atoms with E-state index in [0.29, 0.717) is 0 Å². The van der Waals surface area contributed by atoms with Crippen LogP contribution in [0.3, 0.4) is 0 Å². The molecule has 2 nitrogen and oxygen atoms in total. The van der Waals surface area contributed by atoms with Crippen LogP contribution in [0.25, 0.3) is 0 Å². The summed E-state index contributed by atoms with van der Waals surface area (Å²) in [4.78, 5) is 11.1. The maximum atomic E-state index is 11.1. The van der Waals surface area contributed by atoms with Crippen LogP contribution in [-0.2, 0) is 22.4 Å². The Labute approximate surface area is 124 Å². The predicted octanol–water partition coefficient (Wildman–Crippen LogP) is 3.16. The van der Waals surface area contributed by atoms with E-state index >= 15 is 0 Å². The molecular weight excluding hydrogens is 260 g/mol. The van der Waals surface area contributed by atoms with Gasteiger partial charge in [0.2, 0.25) is 0 Å². The highest BCUT2D eigenvalue weighted by atomic mass is 16.5. The Morgan fingerprint density at radius 2 is 1.62 bits per heavy atom. The van der Waals surface area contributed by atoms with E-state index < -0.39 is 0 Å². The third kappa shape index (κ3) is 1.54. The first-order valence-electron chi connectivity index (χ1n) is 7.96. The maximum Gasteiger partial charge on any atom is 0.123 e. The fraction of sp³-hybridized carbons (Fsp3) is 0.421. The lowest BCUT2D eigenvalue weighted by atomic mass is 9.71. The molecule has 21 heavy (non-hydrogen) atoms. The number of rotatable bonds is 1. The van der Waals surface area contributed by atoms with E-state index in [-0.39, 0.29) is 18.1 Å². The third-order valence-corrected chi connectivity index (χ3v) is 5.70. The predicted molar refractivity (Wildman–Crippen MR) is 80.0 cm³/mol. The van der Waals surface area contributed by atoms with Crippen LogP contribution < -0.4 is 0 Å². The van der Waals surface area contributed by atoms with Crippen molar-refractivity contribution in [3.05, 3.63) is 57.7 Å². The summed E-state index contributed by atoms with van der Waals surface area (Å²) in [6.07, 6.45) is 6.65. The normalized spacial score (nSPS) is 32.9. The van der Waals surface area contributed by atoms with Gasteiger partial charge in [0.25, 0.3) is 0 Å². The van der Waals surface area contributed by atoms with Crippen molar-refractivity contribution in [2.75, 3.05) is 0 Å². The van der Waals surface area contributed by atoms with Crippen LogP contribution in [0.15, 0.2) is 46.6 Å². The Balaban J connectivity index is 1.53. The lowest BCUT2D eigenvalue weighted by Crippen LogP contribution is -2.25. The lowest BCUT2D eigenvalue weighted by molar-refractivity contribution is -0.111. The van der Waals surface area contributed by atoms with E-state index in [2.05, 4.69) is 24.3 Å². The Hall–Kier alpha value is -1.67. The molecule has 0 saturated carbocycles. The molecule has 1 aromatic carbocycles. The molecule has 3 unspecified atom stereocenters. The minimum atomic E-state index is 0.191. The van der Waals surface area contributed by atoms with Crippen LogP contribution >= 0.6 is 0 Å². The fourth-order valence-corrected chi connectivity index (χ4v) is 4.66. The number of aldehydes is 1. The first-order valence-corrected chi connectivity index (χ1v) is 7.96. The monoisotopic (exact) mass is 278 g/mol. The van der Waals surface area contributed by atoms with Crippen LogP contribution in [0.2, 0.25) is 0 Å². The van der Waals surface area contributed by atoms with Crippen molar-refractivity contribution in [3.8, 4) is 0 Å². The van der Waals surface area contributed by atoms with Gasteiger partial charge in [0.15, 0.2) is 0 Å². The Bertz CT molecular complexity index is 710. The zero-order chi connectivity index (χ0) is 14.0. The first-order chi connectivity index (χ1) is 10.3. The molecule has 0 aromatic heterocycles. The summed E-state index contributed by atoms with van der Waals surface area (Å²) in [5, 5.41) is 0. The van der Waals surface area contributed by atoms with Gasteiger partial charge in [0.1, 0.15) is 18.5 Å². The molecule has 2 bridgehead atoms. The second kappa shape index (κ2) is 4.17. The van der Waals surface area contributed by atoms with Crippen LogP contribution in [0.1, 0.15) is 30.4 Å². The quantitative estimate of drug-likeness (QED) is 0.582. The van der Waals surface area contributed by atoms with E-state index in [0.717, 1.165) is 38.4 Å². The SMILES string of the molecule is O=CC1CCC2=C(C1)C1OC2C2=C1Cc1ccccc1C2. The first kappa shape index (κ1) is 11.9. The number of fused-ring (bicyclic) bond motifs is 7. The number of ether oxygens (including phenoxy) is 1.